The van der Waals surface area contributed by atoms with Gasteiger partial charge in [-0.05, 0) is 68.9 Å². The Bertz CT molecular complexity index is 1210. The fourth-order valence-corrected chi connectivity index (χ4v) is 4.70. The third kappa shape index (κ3) is 6.23. The van der Waals surface area contributed by atoms with Crippen LogP contribution in [0, 0.1) is 0 Å². The molecule has 0 atom stereocenters. The lowest BCUT2D eigenvalue weighted by atomic mass is 9.88. The third-order valence-corrected chi connectivity index (χ3v) is 6.43. The summed E-state index contributed by atoms with van der Waals surface area (Å²) in [6, 6.07) is 14.1. The molecule has 4 rings (SSSR count). The van der Waals surface area contributed by atoms with Crippen molar-refractivity contribution in [2.45, 2.75) is 58.2 Å². The van der Waals surface area contributed by atoms with Gasteiger partial charge in [-0.3, -0.25) is 4.79 Å². The Hall–Kier alpha value is -3.39. The van der Waals surface area contributed by atoms with Gasteiger partial charge in [0.25, 0.3) is 5.91 Å². The number of piperidine rings is 1. The zero-order valence-electron chi connectivity index (χ0n) is 21.6. The molecule has 192 valence electrons. The van der Waals surface area contributed by atoms with Crippen molar-refractivity contribution >= 4 is 23.0 Å². The fourth-order valence-electron chi connectivity index (χ4n) is 4.70. The van der Waals surface area contributed by atoms with Crippen molar-refractivity contribution < 1.29 is 19.1 Å². The van der Waals surface area contributed by atoms with Crippen molar-refractivity contribution in [3.63, 3.8) is 0 Å². The topological polar surface area (TPSA) is 85.7 Å². The van der Waals surface area contributed by atoms with Crippen molar-refractivity contribution in [2.75, 3.05) is 26.8 Å². The summed E-state index contributed by atoms with van der Waals surface area (Å²) in [4.78, 5) is 31.9. The van der Waals surface area contributed by atoms with Crippen LogP contribution in [0.5, 0.6) is 0 Å². The van der Waals surface area contributed by atoms with E-state index in [1.807, 2.05) is 60.6 Å². The van der Waals surface area contributed by atoms with E-state index >= 15 is 0 Å². The number of hydrogen-bond acceptors (Lipinski definition) is 5. The van der Waals surface area contributed by atoms with Crippen LogP contribution in [0.25, 0.3) is 11.0 Å². The van der Waals surface area contributed by atoms with Crippen molar-refractivity contribution in [1.82, 2.24) is 19.8 Å². The van der Waals surface area contributed by atoms with Crippen LogP contribution in [0.1, 0.15) is 61.1 Å². The number of likely N-dealkylation sites (tertiary alicyclic amines) is 1. The molecule has 36 heavy (non-hydrogen) atoms. The number of benzene rings is 1. The highest BCUT2D eigenvalue weighted by molar-refractivity contribution is 5.98. The third-order valence-electron chi connectivity index (χ3n) is 6.43. The molecule has 3 aromatic rings. The summed E-state index contributed by atoms with van der Waals surface area (Å²) in [5.74, 6) is 0.411. The fraction of sp³-hybridized carbons (Fsp3) is 0.464. The highest BCUT2D eigenvalue weighted by Crippen LogP contribution is 2.30. The molecule has 0 bridgehead atoms. The molecule has 0 spiro atoms. The average Bonchev–Trinajstić information content (AvgIpc) is 3.23. The summed E-state index contributed by atoms with van der Waals surface area (Å²) in [5, 5.41) is 3.79. The minimum atomic E-state index is -0.522. The molecule has 1 saturated heterocycles. The summed E-state index contributed by atoms with van der Waals surface area (Å²) < 4.78 is 12.6. The van der Waals surface area contributed by atoms with Crippen LogP contribution in [0.15, 0.2) is 48.7 Å². The Kier molecular flexibility index (Phi) is 7.94. The van der Waals surface area contributed by atoms with Gasteiger partial charge in [0.1, 0.15) is 16.9 Å². The minimum Gasteiger partial charge on any atom is -0.444 e. The molecule has 1 fully saturated rings. The first-order valence-corrected chi connectivity index (χ1v) is 12.5. The number of nitrogens with zero attached hydrogens (tertiary/aromatic N) is 3. The molecule has 8 nitrogen and oxygen atoms in total. The second-order valence-electron chi connectivity index (χ2n) is 10.3. The van der Waals surface area contributed by atoms with Gasteiger partial charge in [-0.1, -0.05) is 24.3 Å². The van der Waals surface area contributed by atoms with Crippen LogP contribution in [-0.4, -0.2) is 58.9 Å². The number of ether oxygens (including phenoxy) is 2. The monoisotopic (exact) mass is 492 g/mol. The summed E-state index contributed by atoms with van der Waals surface area (Å²) >= 11 is 0. The molecule has 1 N–H and O–H groups in total. The molecule has 1 aliphatic rings. The molecule has 0 radical (unpaired) electrons. The number of aromatic nitrogens is 2. The smallest absolute Gasteiger partial charge is 0.407 e. The van der Waals surface area contributed by atoms with E-state index in [1.54, 1.807) is 13.3 Å². The Morgan fingerprint density at radius 2 is 1.89 bits per heavy atom. The van der Waals surface area contributed by atoms with Gasteiger partial charge in [0.2, 0.25) is 0 Å². The number of methoxy groups -OCH3 is 1. The Morgan fingerprint density at radius 3 is 2.61 bits per heavy atom. The summed E-state index contributed by atoms with van der Waals surface area (Å²) in [5.41, 5.74) is 3.22. The quantitative estimate of drug-likeness (QED) is 0.516. The van der Waals surface area contributed by atoms with Crippen LogP contribution in [0.4, 0.5) is 4.79 Å². The van der Waals surface area contributed by atoms with E-state index < -0.39 is 11.7 Å². The Morgan fingerprint density at radius 1 is 1.11 bits per heavy atom. The molecular formula is C28H36N4O4. The summed E-state index contributed by atoms with van der Waals surface area (Å²) in [6.45, 7) is 8.45. The van der Waals surface area contributed by atoms with Crippen molar-refractivity contribution in [2.24, 2.45) is 0 Å². The number of pyridine rings is 1. The van der Waals surface area contributed by atoms with Gasteiger partial charge in [0.15, 0.2) is 0 Å². The molecule has 1 aliphatic heterocycles. The van der Waals surface area contributed by atoms with Gasteiger partial charge in [0, 0.05) is 44.9 Å². The van der Waals surface area contributed by atoms with E-state index in [0.717, 1.165) is 29.4 Å². The van der Waals surface area contributed by atoms with E-state index in [2.05, 4.69) is 22.4 Å². The van der Waals surface area contributed by atoms with E-state index in [4.69, 9.17) is 9.47 Å². The van der Waals surface area contributed by atoms with Gasteiger partial charge in [-0.15, -0.1) is 0 Å². The number of alkyl carbamates (subject to hydrolysis) is 1. The number of carbonyl (C=O) groups excluding carboxylic acids is 2. The molecule has 0 saturated carbocycles. The lowest BCUT2D eigenvalue weighted by molar-refractivity contribution is 0.0523. The molecular weight excluding hydrogens is 456 g/mol. The molecule has 3 heterocycles. The lowest BCUT2D eigenvalue weighted by Crippen LogP contribution is -2.39. The first-order chi connectivity index (χ1) is 17.2. The van der Waals surface area contributed by atoms with Gasteiger partial charge < -0.3 is 24.3 Å². The second kappa shape index (κ2) is 11.1. The number of nitrogens with one attached hydrogen (secondary N) is 1. The van der Waals surface area contributed by atoms with Crippen LogP contribution < -0.4 is 5.32 Å². The second-order valence-corrected chi connectivity index (χ2v) is 10.3. The van der Waals surface area contributed by atoms with Crippen molar-refractivity contribution in [1.29, 1.82) is 0 Å². The maximum Gasteiger partial charge on any atom is 0.407 e. The van der Waals surface area contributed by atoms with Crippen LogP contribution in [0.3, 0.4) is 0 Å². The zero-order chi connectivity index (χ0) is 25.7. The molecule has 2 aromatic heterocycles. The van der Waals surface area contributed by atoms with Crippen LogP contribution >= 0.6 is 0 Å². The van der Waals surface area contributed by atoms with Crippen LogP contribution in [-0.2, 0) is 22.6 Å². The highest BCUT2D eigenvalue weighted by Gasteiger charge is 2.27. The summed E-state index contributed by atoms with van der Waals surface area (Å²) in [6.07, 6.45) is 3.12. The molecule has 0 aliphatic carbocycles. The van der Waals surface area contributed by atoms with Crippen molar-refractivity contribution in [3.05, 3.63) is 65.5 Å². The number of fused-ring (bicyclic) bond motifs is 1. The van der Waals surface area contributed by atoms with Crippen molar-refractivity contribution in [3.8, 4) is 0 Å². The SMILES string of the molecule is COCCn1c(C(=O)N2CCC(c3cccc(CNC(=O)OC(C)(C)C)c3)CC2)cc2cccnc21. The molecule has 2 amide bonds. The lowest BCUT2D eigenvalue weighted by Gasteiger charge is -2.32. The first kappa shape index (κ1) is 25.7. The standard InChI is InChI=1S/C28H36N4O4/c1-28(2,3)36-27(34)30-19-20-7-5-8-22(17-20)21-10-13-31(14-11-21)26(33)24-18-23-9-6-12-29-25(23)32(24)15-16-35-4/h5-9,12,17-18,21H,10-11,13-16,19H2,1-4H3,(H,30,34). The summed E-state index contributed by atoms with van der Waals surface area (Å²) in [7, 11) is 1.66. The van der Waals surface area contributed by atoms with Crippen LogP contribution in [0.2, 0.25) is 0 Å². The van der Waals surface area contributed by atoms with Gasteiger partial charge in [0.05, 0.1) is 6.61 Å². The normalized spacial score (nSPS) is 14.7. The number of amides is 2. The Balaban J connectivity index is 1.39. The van der Waals surface area contributed by atoms with Gasteiger partial charge in [-0.25, -0.2) is 9.78 Å². The number of carbonyl (C=O) groups is 2. The van der Waals surface area contributed by atoms with E-state index in [-0.39, 0.29) is 5.91 Å². The number of rotatable bonds is 7. The maximum absolute atomic E-state index is 13.5. The average molecular weight is 493 g/mol. The number of hydrogen-bond donors (Lipinski definition) is 1. The highest BCUT2D eigenvalue weighted by atomic mass is 16.6. The molecule has 1 aromatic carbocycles. The van der Waals surface area contributed by atoms with Gasteiger partial charge in [-0.2, -0.15) is 0 Å². The zero-order valence-corrected chi connectivity index (χ0v) is 21.6. The minimum absolute atomic E-state index is 0.0397. The largest absolute Gasteiger partial charge is 0.444 e. The first-order valence-electron chi connectivity index (χ1n) is 12.5. The van der Waals surface area contributed by atoms with E-state index in [9.17, 15) is 9.59 Å². The molecule has 8 heteroatoms. The Labute approximate surface area is 212 Å². The maximum atomic E-state index is 13.5. The molecule has 0 unspecified atom stereocenters. The van der Waals surface area contributed by atoms with E-state index in [0.29, 0.717) is 44.4 Å². The van der Waals surface area contributed by atoms with Gasteiger partial charge >= 0.3 is 6.09 Å². The van der Waals surface area contributed by atoms with E-state index in [1.165, 1.54) is 5.56 Å². The predicted molar refractivity (Wildman–Crippen MR) is 139 cm³/mol. The predicted octanol–water partition coefficient (Wildman–Crippen LogP) is 4.73.